The molecule has 17 rings (SSSR count). The van der Waals surface area contributed by atoms with Crippen molar-refractivity contribution in [3.63, 3.8) is 0 Å². The van der Waals surface area contributed by atoms with Gasteiger partial charge in [0.1, 0.15) is 53.9 Å². The molecule has 2 amide bonds. The van der Waals surface area contributed by atoms with E-state index in [1.807, 2.05) is 68.1 Å². The Kier molecular flexibility index (Phi) is 30.5. The van der Waals surface area contributed by atoms with Gasteiger partial charge in [-0.05, 0) is 124 Å². The molecular formula is C82H103F3N36O8. The number of hydrogen-bond acceptors (Lipinski definition) is 38. The molecule has 129 heavy (non-hydrogen) atoms. The zero-order chi connectivity index (χ0) is 90.3. The first-order valence-electron chi connectivity index (χ1n) is 41.9. The molecule has 5 fully saturated rings. The Morgan fingerprint density at radius 1 is 0.481 bits per heavy atom. The molecule has 680 valence electrons. The summed E-state index contributed by atoms with van der Waals surface area (Å²) in [7, 11) is 0. The van der Waals surface area contributed by atoms with Gasteiger partial charge in [-0.1, -0.05) is 19.9 Å². The predicted molar refractivity (Wildman–Crippen MR) is 479 cm³/mol. The number of carbonyl (C=O) groups excluding carboxylic acids is 2. The molecule has 13 heterocycles. The van der Waals surface area contributed by atoms with E-state index < -0.39 is 17.5 Å². The number of aromatic nitrogens is 19. The van der Waals surface area contributed by atoms with Crippen LogP contribution in [0.25, 0.3) is 23.3 Å². The Bertz CT molecular complexity index is 5670. The molecule has 0 radical (unpaired) electrons. The summed E-state index contributed by atoms with van der Waals surface area (Å²) in [6.07, 6.45) is 7.02. The molecule has 0 aliphatic carbocycles. The number of anilines is 18. The largest absolute Gasteiger partial charge is 0.450 e. The number of halogens is 3. The number of likely N-dealkylation sites (tertiary alicyclic amines) is 1. The number of carbonyl (C=O) groups is 2. The number of nitrogen functional groups attached to an aromatic ring is 4. The van der Waals surface area contributed by atoms with Crippen LogP contribution in [-0.2, 0) is 18.9 Å². The molecule has 5 aliphatic rings. The normalized spacial score (nSPS) is 15.2. The van der Waals surface area contributed by atoms with Gasteiger partial charge < -0.3 is 119 Å². The number of piperazine rings is 1. The Labute approximate surface area is 738 Å². The van der Waals surface area contributed by atoms with Crippen LogP contribution < -0.4 is 80.2 Å². The van der Waals surface area contributed by atoms with E-state index in [2.05, 4.69) is 132 Å². The minimum absolute atomic E-state index is 0.0353. The number of ether oxygens (including phenoxy) is 4. The van der Waals surface area contributed by atoms with Crippen molar-refractivity contribution < 1.29 is 51.9 Å². The second-order valence-corrected chi connectivity index (χ2v) is 30.2. The highest BCUT2D eigenvalue weighted by atomic mass is 19.1. The van der Waals surface area contributed by atoms with Crippen molar-refractivity contribution >= 4 is 117 Å². The lowest BCUT2D eigenvalue weighted by Crippen LogP contribution is -2.46. The summed E-state index contributed by atoms with van der Waals surface area (Å²) >= 11 is 0. The van der Waals surface area contributed by atoms with Gasteiger partial charge in [0.05, 0.1) is 82.6 Å². The number of aliphatic hydroxyl groups excluding tert-OH is 2. The maximum Gasteiger partial charge on any atom is 0.409 e. The van der Waals surface area contributed by atoms with E-state index in [-0.39, 0.29) is 108 Å². The van der Waals surface area contributed by atoms with Crippen molar-refractivity contribution in [2.75, 3.05) is 213 Å². The number of nitrogens with zero attached hydrogens (tertiary/aromatic N) is 24. The number of piperidine rings is 1. The molecule has 47 heteroatoms. The Hall–Kier alpha value is -14.7. The summed E-state index contributed by atoms with van der Waals surface area (Å²) in [4.78, 5) is 80.4. The number of nitrogens with one attached hydrogen (secondary N) is 8. The average molecular weight is 1780 g/mol. The summed E-state index contributed by atoms with van der Waals surface area (Å²) in [5.41, 5.74) is 28.5. The molecule has 44 nitrogen and oxygen atoms in total. The van der Waals surface area contributed by atoms with Crippen molar-refractivity contribution in [3.8, 4) is 23.3 Å². The van der Waals surface area contributed by atoms with Gasteiger partial charge in [-0.3, -0.25) is 4.79 Å². The molecule has 2 atom stereocenters. The number of benzene rings is 4. The van der Waals surface area contributed by atoms with E-state index >= 15 is 0 Å². The molecule has 0 spiro atoms. The first kappa shape index (κ1) is 90.6. The lowest BCUT2D eigenvalue weighted by atomic mass is 10.1. The summed E-state index contributed by atoms with van der Waals surface area (Å²) in [6, 6.07) is 32.4. The van der Waals surface area contributed by atoms with E-state index in [9.17, 15) is 33.0 Å². The molecule has 4 aromatic carbocycles. The van der Waals surface area contributed by atoms with Gasteiger partial charge in [0, 0.05) is 143 Å². The first-order valence-corrected chi connectivity index (χ1v) is 41.9. The van der Waals surface area contributed by atoms with Crippen LogP contribution in [0.15, 0.2) is 140 Å². The molecule has 0 unspecified atom stereocenters. The van der Waals surface area contributed by atoms with Gasteiger partial charge in [0.25, 0.3) is 5.91 Å². The molecule has 8 aromatic heterocycles. The van der Waals surface area contributed by atoms with E-state index in [0.717, 1.165) is 101 Å². The summed E-state index contributed by atoms with van der Waals surface area (Å²) < 4.78 is 70.8. The number of amides is 2. The van der Waals surface area contributed by atoms with Gasteiger partial charge in [0.15, 0.2) is 23.3 Å². The third-order valence-corrected chi connectivity index (χ3v) is 20.9. The van der Waals surface area contributed by atoms with Crippen LogP contribution in [-0.4, -0.2) is 282 Å². The quantitative estimate of drug-likeness (QED) is 0.0280. The fourth-order valence-corrected chi connectivity index (χ4v) is 13.9. The minimum Gasteiger partial charge on any atom is -0.450 e. The molecule has 18 N–H and O–H groups in total. The minimum atomic E-state index is -0.426. The van der Waals surface area contributed by atoms with Gasteiger partial charge in [-0.25, -0.2) is 52.9 Å². The number of rotatable bonds is 26. The number of aliphatic hydroxyl groups is 2. The SMILES string of the molecule is CC(C)[C@@H](CO)Nc1cc(-n2nc(Nc3ccc(N4CCOCC4)cc3F)nc2N)ncn1.CCOC(=O)N1CCC(Nc2cc(-n3nc(Nc4ccc(N5CCOCC5)cc4F)nc3N)ncn2)CC1.C[C@H](CO)Nc1cc(-n2nc(Nc3ccc(N4CCOCC4)cc3F)nc2N)ncn1.Nc1nc(Nc2ccc(C(=O)N3CCNCC3)cc2)nn1-c1ccccn1. The van der Waals surface area contributed by atoms with Crippen LogP contribution in [0.5, 0.6) is 0 Å². The van der Waals surface area contributed by atoms with Crippen molar-refractivity contribution in [1.82, 2.24) is 109 Å². The third kappa shape index (κ3) is 24.1. The van der Waals surface area contributed by atoms with E-state index in [4.69, 9.17) is 41.9 Å². The van der Waals surface area contributed by atoms with E-state index in [1.165, 1.54) is 55.9 Å². The highest BCUT2D eigenvalue weighted by Gasteiger charge is 2.27. The Morgan fingerprint density at radius 2 is 0.899 bits per heavy atom. The van der Waals surface area contributed by atoms with Gasteiger partial charge >= 0.3 is 6.09 Å². The topological polar surface area (TPSA) is 541 Å². The van der Waals surface area contributed by atoms with Crippen molar-refractivity contribution in [2.24, 2.45) is 5.92 Å². The molecular weight excluding hydrogens is 1670 g/mol. The number of pyridine rings is 1. The monoisotopic (exact) mass is 1780 g/mol. The van der Waals surface area contributed by atoms with Crippen LogP contribution in [0.3, 0.4) is 0 Å². The highest BCUT2D eigenvalue weighted by Crippen LogP contribution is 2.31. The van der Waals surface area contributed by atoms with Crippen LogP contribution >= 0.6 is 0 Å². The summed E-state index contributed by atoms with van der Waals surface area (Å²) in [5, 5.41) is 60.5. The fraction of sp³-hybridized carbons (Fsp3) is 0.378. The van der Waals surface area contributed by atoms with Crippen LogP contribution in [0.2, 0.25) is 0 Å². The lowest BCUT2D eigenvalue weighted by molar-refractivity contribution is 0.0735. The standard InChI is InChI=1S/C24H31FN10O3.C21H28FN9O2.C19H24FN9O2.C18H20N8O/c1-2-38-24(36)34-7-5-16(6-8-34)29-20-14-21(28-15-27-20)35-22(26)31-23(32-35)30-19-4-3-17(13-18(19)25)33-9-11-37-12-10-33;1-13(2)17(11-32)26-18-10-19(25-12-24-18)31-20(23)28-21(29-31)27-16-4-3-14(9-15(16)22)30-5-7-33-8-6-30;1-12(10-30)24-16-9-17(23-11-22-16)29-18(21)26-19(27-29)25-15-3-2-13(8-14(15)20)28-4-6-31-7-5-28;19-17-23-18(24-26(17)15-3-1-2-8-21-15)22-14-6-4-13(5-7-14)16(27)25-11-9-20-10-12-25/h3-4,13-16H,2,5-12H2,1H3,(H,27,28,29)(H3,26,30,31,32);3-4,9-10,12-13,17,32H,5-8,11H2,1-2H3,(H,24,25,26)(H3,23,27,28,29);2-3,8-9,11-12,30H,4-7,10H2,1H3,(H,22,23,24)(H3,21,25,26,27);1-8,20H,9-12H2,(H3,19,22,23,24)/t;17-;12-;/m.11./s1. The third-order valence-electron chi connectivity index (χ3n) is 20.9. The van der Waals surface area contributed by atoms with Gasteiger partial charge in [-0.15, -0.1) is 20.4 Å². The molecule has 12 aromatic rings. The maximum absolute atomic E-state index is 14.8. The number of nitrogens with two attached hydrogens (primary N) is 4. The van der Waals surface area contributed by atoms with Crippen molar-refractivity contribution in [3.05, 3.63) is 163 Å². The fourth-order valence-electron chi connectivity index (χ4n) is 13.9. The number of hydrogen-bond donors (Lipinski definition) is 14. The second-order valence-electron chi connectivity index (χ2n) is 30.2. The highest BCUT2D eigenvalue weighted by molar-refractivity contribution is 5.94. The number of morpholine rings is 3. The smallest absolute Gasteiger partial charge is 0.409 e. The van der Waals surface area contributed by atoms with Crippen LogP contribution in [0.4, 0.5) is 123 Å². The maximum atomic E-state index is 14.8. The second kappa shape index (κ2) is 43.5. The zero-order valence-electron chi connectivity index (χ0n) is 71.4. The van der Waals surface area contributed by atoms with E-state index in [0.29, 0.717) is 112 Å². The van der Waals surface area contributed by atoms with E-state index in [1.54, 1.807) is 72.6 Å². The predicted octanol–water partition coefficient (Wildman–Crippen LogP) is 6.36. The van der Waals surface area contributed by atoms with Gasteiger partial charge in [-0.2, -0.15) is 38.7 Å². The first-order chi connectivity index (χ1) is 62.7. The van der Waals surface area contributed by atoms with Crippen molar-refractivity contribution in [1.29, 1.82) is 0 Å². The van der Waals surface area contributed by atoms with Gasteiger partial charge in [0.2, 0.25) is 47.6 Å². The van der Waals surface area contributed by atoms with Crippen LogP contribution in [0.1, 0.15) is 50.9 Å². The molecule has 0 bridgehead atoms. The summed E-state index contributed by atoms with van der Waals surface area (Å²) in [5.74, 6) is 3.59. The molecule has 5 saturated heterocycles. The zero-order valence-corrected chi connectivity index (χ0v) is 71.4. The van der Waals surface area contributed by atoms with Crippen molar-refractivity contribution in [2.45, 2.75) is 58.7 Å². The molecule has 0 saturated carbocycles. The molecule has 5 aliphatic heterocycles. The van der Waals surface area contributed by atoms with Crippen LogP contribution in [0, 0.1) is 23.4 Å². The Morgan fingerprint density at radius 3 is 1.30 bits per heavy atom. The summed E-state index contributed by atoms with van der Waals surface area (Å²) in [6.45, 7) is 20.3. The lowest BCUT2D eigenvalue weighted by Gasteiger charge is -2.31. The average Bonchev–Trinajstić information content (AvgIpc) is 1.69. The Balaban J connectivity index is 0.000000140.